The molecule has 3 aliphatic rings. The first-order valence-corrected chi connectivity index (χ1v) is 23.3. The SMILES string of the molecule is CC1(C)c2cc(-c3ccccc3)ccc2-c2ccc(-c3ccc4c(-c5ccc6c(c5)C(C)(C)c5ccccc5-6)c5ccccc5c(-c5ccc6c(c5)C(C)(C)c5ccccc5-6)c4c3)cc21. The molecule has 0 aromatic heterocycles. The van der Waals surface area contributed by atoms with Crippen molar-refractivity contribution in [3.63, 3.8) is 0 Å². The molecule has 0 saturated heterocycles. The molecular formula is C65H50. The largest absolute Gasteiger partial charge is 0.0622 e. The van der Waals surface area contributed by atoms with Crippen LogP contribution in [0.3, 0.4) is 0 Å². The van der Waals surface area contributed by atoms with Crippen molar-refractivity contribution in [2.45, 2.75) is 57.8 Å². The first kappa shape index (κ1) is 38.2. The first-order valence-electron chi connectivity index (χ1n) is 23.3. The normalized spacial score (nSPS) is 15.3. The van der Waals surface area contributed by atoms with Crippen molar-refractivity contribution in [3.8, 4) is 77.9 Å². The lowest BCUT2D eigenvalue weighted by Gasteiger charge is -2.24. The van der Waals surface area contributed by atoms with E-state index in [1.54, 1.807) is 0 Å². The lowest BCUT2D eigenvalue weighted by atomic mass is 9.79. The van der Waals surface area contributed by atoms with E-state index in [4.69, 9.17) is 0 Å². The molecule has 3 aliphatic carbocycles. The minimum absolute atomic E-state index is 0.0976. The monoisotopic (exact) mass is 830 g/mol. The van der Waals surface area contributed by atoms with Crippen molar-refractivity contribution in [2.75, 3.05) is 0 Å². The molecule has 0 heterocycles. The maximum absolute atomic E-state index is 2.51. The van der Waals surface area contributed by atoms with Gasteiger partial charge in [-0.1, -0.05) is 205 Å². The summed E-state index contributed by atoms with van der Waals surface area (Å²) < 4.78 is 0. The van der Waals surface area contributed by atoms with Crippen LogP contribution in [0.15, 0.2) is 194 Å². The van der Waals surface area contributed by atoms with E-state index in [0.29, 0.717) is 0 Å². The molecule has 65 heavy (non-hydrogen) atoms. The Kier molecular flexibility index (Phi) is 7.86. The minimum Gasteiger partial charge on any atom is -0.0622 e. The van der Waals surface area contributed by atoms with Crippen molar-refractivity contribution in [2.24, 2.45) is 0 Å². The van der Waals surface area contributed by atoms with E-state index in [1.165, 1.54) is 133 Å². The van der Waals surface area contributed by atoms with Crippen molar-refractivity contribution >= 4 is 21.5 Å². The predicted octanol–water partition coefficient (Wildman–Crippen LogP) is 17.6. The van der Waals surface area contributed by atoms with Gasteiger partial charge in [0.15, 0.2) is 0 Å². The highest BCUT2D eigenvalue weighted by Crippen LogP contribution is 2.55. The highest BCUT2D eigenvalue weighted by Gasteiger charge is 2.38. The lowest BCUT2D eigenvalue weighted by molar-refractivity contribution is 0.660. The summed E-state index contributed by atoms with van der Waals surface area (Å²) in [5.41, 5.74) is 26.2. The van der Waals surface area contributed by atoms with Gasteiger partial charge in [-0.25, -0.2) is 0 Å². The third-order valence-electron chi connectivity index (χ3n) is 15.9. The van der Waals surface area contributed by atoms with Crippen LogP contribution in [-0.4, -0.2) is 0 Å². The number of hydrogen-bond acceptors (Lipinski definition) is 0. The molecule has 0 N–H and O–H groups in total. The van der Waals surface area contributed by atoms with E-state index in [0.717, 1.165) is 0 Å². The highest BCUT2D eigenvalue weighted by molar-refractivity contribution is 6.22. The van der Waals surface area contributed by atoms with E-state index in [2.05, 4.69) is 236 Å². The number of hydrogen-bond donors (Lipinski definition) is 0. The fourth-order valence-electron chi connectivity index (χ4n) is 12.4. The first-order chi connectivity index (χ1) is 31.5. The average Bonchev–Trinajstić information content (AvgIpc) is 3.82. The van der Waals surface area contributed by atoms with E-state index in [1.807, 2.05) is 0 Å². The van der Waals surface area contributed by atoms with Crippen LogP contribution in [0.2, 0.25) is 0 Å². The Morgan fingerprint density at radius 3 is 1.05 bits per heavy atom. The molecule has 10 aromatic carbocycles. The molecule has 0 radical (unpaired) electrons. The number of benzene rings is 10. The van der Waals surface area contributed by atoms with Gasteiger partial charge in [0.1, 0.15) is 0 Å². The van der Waals surface area contributed by atoms with Gasteiger partial charge in [-0.05, 0) is 163 Å². The molecule has 0 nitrogen and oxygen atoms in total. The predicted molar refractivity (Wildman–Crippen MR) is 276 cm³/mol. The Balaban J connectivity index is 1.03. The second kappa shape index (κ2) is 13.4. The van der Waals surface area contributed by atoms with Gasteiger partial charge in [-0.15, -0.1) is 0 Å². The smallest absolute Gasteiger partial charge is 0.0159 e. The molecule has 0 aliphatic heterocycles. The fourth-order valence-corrected chi connectivity index (χ4v) is 12.4. The molecule has 0 bridgehead atoms. The van der Waals surface area contributed by atoms with Crippen LogP contribution >= 0.6 is 0 Å². The van der Waals surface area contributed by atoms with Crippen molar-refractivity contribution < 1.29 is 0 Å². The van der Waals surface area contributed by atoms with E-state index < -0.39 is 0 Å². The van der Waals surface area contributed by atoms with Crippen LogP contribution < -0.4 is 0 Å². The van der Waals surface area contributed by atoms with Gasteiger partial charge in [0, 0.05) is 16.2 Å². The zero-order chi connectivity index (χ0) is 44.0. The Morgan fingerprint density at radius 2 is 0.538 bits per heavy atom. The van der Waals surface area contributed by atoms with Gasteiger partial charge < -0.3 is 0 Å². The summed E-state index contributed by atoms with van der Waals surface area (Å²) in [7, 11) is 0. The molecule has 0 saturated carbocycles. The van der Waals surface area contributed by atoms with Gasteiger partial charge in [0.05, 0.1) is 0 Å². The van der Waals surface area contributed by atoms with Gasteiger partial charge in [0.25, 0.3) is 0 Å². The standard InChI is InChI=1S/C65H50/c1-63(2)55-22-14-12-18-45(55)47-31-27-43(37-59(47)63)61-51-20-10-11-21-52(51)62(44-28-32-48-46-19-13-15-23-56(46)64(3,4)60(48)38-44)54-34-40(26-33-53(54)61)42-25-30-50-49-29-24-41(39-16-8-7-9-17-39)35-57(49)65(5,6)58(50)36-42/h7-38H,1-6H3. The molecule has 13 rings (SSSR count). The van der Waals surface area contributed by atoms with Crippen molar-refractivity contribution in [3.05, 3.63) is 228 Å². The summed E-state index contributed by atoms with van der Waals surface area (Å²) >= 11 is 0. The van der Waals surface area contributed by atoms with E-state index in [9.17, 15) is 0 Å². The van der Waals surface area contributed by atoms with Crippen LogP contribution in [0.1, 0.15) is 74.9 Å². The van der Waals surface area contributed by atoms with Gasteiger partial charge >= 0.3 is 0 Å². The van der Waals surface area contributed by atoms with Crippen LogP contribution in [0, 0.1) is 0 Å². The Bertz CT molecular complexity index is 3670. The van der Waals surface area contributed by atoms with E-state index in [-0.39, 0.29) is 16.2 Å². The Morgan fingerprint density at radius 1 is 0.215 bits per heavy atom. The highest BCUT2D eigenvalue weighted by atomic mass is 14.4. The second-order valence-electron chi connectivity index (χ2n) is 20.4. The van der Waals surface area contributed by atoms with Gasteiger partial charge in [-0.3, -0.25) is 0 Å². The fraction of sp³-hybridized carbons (Fsp3) is 0.138. The molecule has 0 amide bonds. The molecule has 310 valence electrons. The van der Waals surface area contributed by atoms with E-state index >= 15 is 0 Å². The topological polar surface area (TPSA) is 0 Å². The molecule has 0 unspecified atom stereocenters. The van der Waals surface area contributed by atoms with Crippen LogP contribution in [0.4, 0.5) is 0 Å². The third kappa shape index (κ3) is 5.32. The van der Waals surface area contributed by atoms with Crippen LogP contribution in [0.5, 0.6) is 0 Å². The maximum Gasteiger partial charge on any atom is 0.0159 e. The van der Waals surface area contributed by atoms with Crippen LogP contribution in [0.25, 0.3) is 99.4 Å². The summed E-state index contributed by atoms with van der Waals surface area (Å²) in [6.45, 7) is 14.4. The molecule has 0 heteroatoms. The molecule has 0 atom stereocenters. The van der Waals surface area contributed by atoms with Gasteiger partial charge in [0.2, 0.25) is 0 Å². The summed E-state index contributed by atoms with van der Waals surface area (Å²) in [5, 5.41) is 5.12. The zero-order valence-corrected chi connectivity index (χ0v) is 38.0. The Hall–Kier alpha value is -7.28. The summed E-state index contributed by atoms with van der Waals surface area (Å²) in [6, 6.07) is 74.0. The van der Waals surface area contributed by atoms with Crippen molar-refractivity contribution in [1.82, 2.24) is 0 Å². The summed E-state index contributed by atoms with van der Waals surface area (Å²) in [5.74, 6) is 0. The lowest BCUT2D eigenvalue weighted by Crippen LogP contribution is -2.15. The molecule has 10 aromatic rings. The van der Waals surface area contributed by atoms with Gasteiger partial charge in [-0.2, -0.15) is 0 Å². The summed E-state index contributed by atoms with van der Waals surface area (Å²) in [4.78, 5) is 0. The quantitative estimate of drug-likeness (QED) is 0.155. The maximum atomic E-state index is 2.51. The van der Waals surface area contributed by atoms with Crippen molar-refractivity contribution in [1.29, 1.82) is 0 Å². The minimum atomic E-state index is -0.146. The Labute approximate surface area is 382 Å². The molecular weight excluding hydrogens is 781 g/mol. The average molecular weight is 831 g/mol. The third-order valence-corrected chi connectivity index (χ3v) is 15.9. The number of fused-ring (bicyclic) bond motifs is 11. The number of rotatable bonds is 4. The zero-order valence-electron chi connectivity index (χ0n) is 38.0. The molecule has 0 spiro atoms. The van der Waals surface area contributed by atoms with Crippen LogP contribution in [-0.2, 0) is 16.2 Å². The molecule has 0 fully saturated rings. The second-order valence-corrected chi connectivity index (χ2v) is 20.4. The summed E-state index contributed by atoms with van der Waals surface area (Å²) in [6.07, 6.45) is 0.